The second kappa shape index (κ2) is 10.9. The number of carbonyl (C=O) groups excluding carboxylic acids is 1. The summed E-state index contributed by atoms with van der Waals surface area (Å²) in [4.78, 5) is 12.3. The largest absolute Gasteiger partial charge is 0.445 e. The van der Waals surface area contributed by atoms with Gasteiger partial charge >= 0.3 is 13.7 Å². The molecule has 0 saturated heterocycles. The van der Waals surface area contributed by atoms with E-state index in [0.29, 0.717) is 0 Å². The Labute approximate surface area is 160 Å². The van der Waals surface area contributed by atoms with Gasteiger partial charge in [-0.2, -0.15) is 0 Å². The lowest BCUT2D eigenvalue weighted by atomic mass is 10.1. The van der Waals surface area contributed by atoms with Crippen LogP contribution in [0.4, 0.5) is 4.79 Å². The molecule has 0 aliphatic carbocycles. The summed E-state index contributed by atoms with van der Waals surface area (Å²) in [6.45, 7) is 4.19. The maximum Gasteiger partial charge on any atom is 0.407 e. The van der Waals surface area contributed by atoms with Crippen molar-refractivity contribution in [1.29, 1.82) is 0 Å². The van der Waals surface area contributed by atoms with Crippen molar-refractivity contribution in [2.45, 2.75) is 26.5 Å². The highest BCUT2D eigenvalue weighted by Crippen LogP contribution is 2.50. The first-order valence-electron chi connectivity index (χ1n) is 8.96. The van der Waals surface area contributed by atoms with Crippen molar-refractivity contribution in [1.82, 2.24) is 5.32 Å². The molecule has 1 amide bonds. The van der Waals surface area contributed by atoms with Gasteiger partial charge in [0, 0.05) is 0 Å². The number of carbonyl (C=O) groups is 1. The van der Waals surface area contributed by atoms with Crippen LogP contribution in [0.5, 0.6) is 0 Å². The SMILES string of the molecule is CCOP(=O)(C[C@H](NC(=O)OCc1ccccc1)c1ccccc1)OCC. The minimum atomic E-state index is -3.34. The second-order valence-electron chi connectivity index (χ2n) is 5.80. The van der Waals surface area contributed by atoms with Gasteiger partial charge in [-0.1, -0.05) is 60.7 Å². The summed E-state index contributed by atoms with van der Waals surface area (Å²) in [6.07, 6.45) is -0.564. The van der Waals surface area contributed by atoms with Gasteiger partial charge < -0.3 is 19.1 Å². The molecule has 0 heterocycles. The minimum Gasteiger partial charge on any atom is -0.445 e. The zero-order valence-electron chi connectivity index (χ0n) is 15.7. The predicted octanol–water partition coefficient (Wildman–Crippen LogP) is 4.92. The standard InChI is InChI=1S/C20H26NO5P/c1-3-25-27(23,26-4-2)16-19(18-13-9-6-10-14-18)21-20(22)24-15-17-11-7-5-8-12-17/h5-14,19H,3-4,15-16H2,1-2H3,(H,21,22)/t19-/m0/s1. The molecule has 0 saturated carbocycles. The molecule has 146 valence electrons. The molecule has 1 N–H and O–H groups in total. The normalized spacial score (nSPS) is 12.4. The van der Waals surface area contributed by atoms with Gasteiger partial charge in [0.15, 0.2) is 0 Å². The van der Waals surface area contributed by atoms with Gasteiger partial charge in [-0.25, -0.2) is 4.79 Å². The average molecular weight is 391 g/mol. The molecule has 2 aromatic carbocycles. The van der Waals surface area contributed by atoms with Gasteiger partial charge in [0.25, 0.3) is 0 Å². The van der Waals surface area contributed by atoms with E-state index in [-0.39, 0.29) is 26.0 Å². The highest BCUT2D eigenvalue weighted by molar-refractivity contribution is 7.53. The predicted molar refractivity (Wildman–Crippen MR) is 105 cm³/mol. The van der Waals surface area contributed by atoms with Crippen LogP contribution in [0, 0.1) is 0 Å². The molecule has 0 aromatic heterocycles. The van der Waals surface area contributed by atoms with Crippen molar-refractivity contribution < 1.29 is 23.1 Å². The van der Waals surface area contributed by atoms with E-state index in [2.05, 4.69) is 5.32 Å². The maximum atomic E-state index is 12.9. The van der Waals surface area contributed by atoms with Gasteiger partial charge in [0.2, 0.25) is 0 Å². The monoisotopic (exact) mass is 391 g/mol. The van der Waals surface area contributed by atoms with E-state index in [1.54, 1.807) is 13.8 Å². The third-order valence-electron chi connectivity index (χ3n) is 3.76. The number of alkyl carbamates (subject to hydrolysis) is 1. The summed E-state index contributed by atoms with van der Waals surface area (Å²) in [5, 5.41) is 2.78. The highest BCUT2D eigenvalue weighted by Gasteiger charge is 2.30. The molecule has 27 heavy (non-hydrogen) atoms. The van der Waals surface area contributed by atoms with E-state index in [1.165, 1.54) is 0 Å². The van der Waals surface area contributed by atoms with Crippen molar-refractivity contribution in [3.05, 3.63) is 71.8 Å². The third-order valence-corrected chi connectivity index (χ3v) is 5.88. The van der Waals surface area contributed by atoms with Crippen molar-refractivity contribution in [2.24, 2.45) is 0 Å². The van der Waals surface area contributed by atoms with Crippen molar-refractivity contribution >= 4 is 13.7 Å². The number of amides is 1. The summed E-state index contributed by atoms with van der Waals surface area (Å²) in [7, 11) is -3.34. The molecule has 1 atom stereocenters. The second-order valence-corrected chi connectivity index (χ2v) is 7.90. The summed E-state index contributed by atoms with van der Waals surface area (Å²) in [6, 6.07) is 18.1. The molecule has 0 radical (unpaired) electrons. The van der Waals surface area contributed by atoms with E-state index in [9.17, 15) is 9.36 Å². The Bertz CT molecular complexity index is 729. The quantitative estimate of drug-likeness (QED) is 0.582. The zero-order valence-corrected chi connectivity index (χ0v) is 16.6. The van der Waals surface area contributed by atoms with E-state index in [1.807, 2.05) is 60.7 Å². The molecule has 0 unspecified atom stereocenters. The van der Waals surface area contributed by atoms with Crippen molar-refractivity contribution in [2.75, 3.05) is 19.4 Å². The smallest absolute Gasteiger partial charge is 0.407 e. The zero-order chi connectivity index (χ0) is 19.5. The topological polar surface area (TPSA) is 73.9 Å². The average Bonchev–Trinajstić information content (AvgIpc) is 2.68. The summed E-state index contributed by atoms with van der Waals surface area (Å²) in [5.74, 6) is 0. The number of benzene rings is 2. The summed E-state index contributed by atoms with van der Waals surface area (Å²) >= 11 is 0. The Morgan fingerprint density at radius 1 is 0.963 bits per heavy atom. The first-order valence-corrected chi connectivity index (χ1v) is 10.7. The fourth-order valence-electron chi connectivity index (χ4n) is 2.59. The Morgan fingerprint density at radius 3 is 2.07 bits per heavy atom. The molecule has 6 nitrogen and oxygen atoms in total. The molecule has 0 spiro atoms. The Hall–Kier alpha value is -2.14. The molecule has 0 bridgehead atoms. The van der Waals surface area contributed by atoms with Crippen LogP contribution >= 0.6 is 7.60 Å². The maximum absolute atomic E-state index is 12.9. The Kier molecular flexibility index (Phi) is 8.52. The number of ether oxygens (including phenoxy) is 1. The van der Waals surface area contributed by atoms with Crippen LogP contribution in [0.15, 0.2) is 60.7 Å². The fourth-order valence-corrected chi connectivity index (χ4v) is 4.41. The van der Waals surface area contributed by atoms with Crippen LogP contribution in [0.25, 0.3) is 0 Å². The van der Waals surface area contributed by atoms with Crippen molar-refractivity contribution in [3.8, 4) is 0 Å². The lowest BCUT2D eigenvalue weighted by Crippen LogP contribution is -2.31. The number of hydrogen-bond acceptors (Lipinski definition) is 5. The lowest BCUT2D eigenvalue weighted by molar-refractivity contribution is 0.136. The van der Waals surface area contributed by atoms with E-state index in [0.717, 1.165) is 11.1 Å². The minimum absolute atomic E-state index is 0.0269. The van der Waals surface area contributed by atoms with Crippen molar-refractivity contribution in [3.63, 3.8) is 0 Å². The fraction of sp³-hybridized carbons (Fsp3) is 0.350. The third kappa shape index (κ3) is 7.18. The molecular weight excluding hydrogens is 365 g/mol. The van der Waals surface area contributed by atoms with Crippen LogP contribution in [0.1, 0.15) is 31.0 Å². The summed E-state index contributed by atoms with van der Waals surface area (Å²) in [5.41, 5.74) is 1.69. The molecule has 2 rings (SSSR count). The van der Waals surface area contributed by atoms with Crippen LogP contribution in [0.3, 0.4) is 0 Å². The number of nitrogens with one attached hydrogen (secondary N) is 1. The molecule has 0 fully saturated rings. The van der Waals surface area contributed by atoms with Gasteiger partial charge in [-0.15, -0.1) is 0 Å². The molecule has 0 aliphatic rings. The van der Waals surface area contributed by atoms with Crippen LogP contribution in [-0.4, -0.2) is 25.5 Å². The molecule has 2 aromatic rings. The molecule has 7 heteroatoms. The first kappa shape index (κ1) is 21.2. The van der Waals surface area contributed by atoms with Crippen LogP contribution in [-0.2, 0) is 25.0 Å². The van der Waals surface area contributed by atoms with E-state index >= 15 is 0 Å². The lowest BCUT2D eigenvalue weighted by Gasteiger charge is -2.24. The number of hydrogen-bond donors (Lipinski definition) is 1. The van der Waals surface area contributed by atoms with E-state index < -0.39 is 19.7 Å². The highest BCUT2D eigenvalue weighted by atomic mass is 31.2. The Morgan fingerprint density at radius 2 is 1.52 bits per heavy atom. The van der Waals surface area contributed by atoms with Gasteiger partial charge in [-0.05, 0) is 25.0 Å². The Balaban J connectivity index is 2.08. The molecule has 0 aliphatic heterocycles. The first-order chi connectivity index (χ1) is 13.1. The van der Waals surface area contributed by atoms with Gasteiger partial charge in [0.1, 0.15) is 6.61 Å². The van der Waals surface area contributed by atoms with Gasteiger partial charge in [-0.3, -0.25) is 4.57 Å². The molecular formula is C20H26NO5P. The number of rotatable bonds is 10. The van der Waals surface area contributed by atoms with E-state index in [4.69, 9.17) is 13.8 Å². The summed E-state index contributed by atoms with van der Waals surface area (Å²) < 4.78 is 29.0. The van der Waals surface area contributed by atoms with Gasteiger partial charge in [0.05, 0.1) is 25.4 Å². The van der Waals surface area contributed by atoms with Crippen LogP contribution in [0.2, 0.25) is 0 Å². The van der Waals surface area contributed by atoms with Crippen LogP contribution < -0.4 is 5.32 Å².